The summed E-state index contributed by atoms with van der Waals surface area (Å²) in [5.74, 6) is -0.0728. The van der Waals surface area contributed by atoms with Crippen molar-refractivity contribution in [2.75, 3.05) is 25.5 Å². The Morgan fingerprint density at radius 2 is 2.05 bits per heavy atom. The lowest BCUT2D eigenvalue weighted by molar-refractivity contribution is -0.118. The summed E-state index contributed by atoms with van der Waals surface area (Å²) in [7, 11) is 1.56. The highest BCUT2D eigenvalue weighted by Crippen LogP contribution is 2.58. The van der Waals surface area contributed by atoms with Gasteiger partial charge in [0.15, 0.2) is 0 Å². The Kier molecular flexibility index (Phi) is 4.10. The number of anilines is 1. The number of carbonyl (C=O) groups is 2. The number of carbonyl (C=O) groups excluding carboxylic acids is 2. The standard InChI is InChI=1S/C16H20ClN3O2/c1-18-14(21)11-3-2-10(8-13(11)17)20-15(22)12-9-16(12)4-6-19-7-5-16/h2-3,8,12,19H,4-7,9H2,1H3,(H,18,21)(H,20,22). The number of piperidine rings is 1. The molecule has 1 saturated heterocycles. The fraction of sp³-hybridized carbons (Fsp3) is 0.500. The predicted molar refractivity (Wildman–Crippen MR) is 86.1 cm³/mol. The van der Waals surface area contributed by atoms with E-state index in [-0.39, 0.29) is 23.1 Å². The fourth-order valence-corrected chi connectivity index (χ4v) is 3.60. The van der Waals surface area contributed by atoms with Gasteiger partial charge in [0.25, 0.3) is 5.91 Å². The molecule has 1 atom stereocenters. The van der Waals surface area contributed by atoms with Gasteiger partial charge in [-0.05, 0) is 56.0 Å². The number of nitrogens with one attached hydrogen (secondary N) is 3. The van der Waals surface area contributed by atoms with Gasteiger partial charge in [0.2, 0.25) is 5.91 Å². The highest BCUT2D eigenvalue weighted by Gasteiger charge is 2.57. The molecule has 2 amide bonds. The normalized spacial score (nSPS) is 22.2. The average molecular weight is 322 g/mol. The Hall–Kier alpha value is -1.59. The van der Waals surface area contributed by atoms with Gasteiger partial charge in [-0.1, -0.05) is 11.6 Å². The van der Waals surface area contributed by atoms with Gasteiger partial charge in [-0.3, -0.25) is 9.59 Å². The topological polar surface area (TPSA) is 70.2 Å². The van der Waals surface area contributed by atoms with Gasteiger partial charge in [0.05, 0.1) is 10.6 Å². The van der Waals surface area contributed by atoms with E-state index in [0.717, 1.165) is 32.4 Å². The molecule has 1 unspecified atom stereocenters. The lowest BCUT2D eigenvalue weighted by Gasteiger charge is -2.23. The van der Waals surface area contributed by atoms with Crippen molar-refractivity contribution in [3.05, 3.63) is 28.8 Å². The smallest absolute Gasteiger partial charge is 0.252 e. The van der Waals surface area contributed by atoms with Crippen molar-refractivity contribution in [2.24, 2.45) is 11.3 Å². The van der Waals surface area contributed by atoms with E-state index in [1.807, 2.05) is 0 Å². The minimum atomic E-state index is -0.237. The Morgan fingerprint density at radius 3 is 2.68 bits per heavy atom. The van der Waals surface area contributed by atoms with Gasteiger partial charge in [0, 0.05) is 18.7 Å². The molecule has 1 aliphatic heterocycles. The van der Waals surface area contributed by atoms with Crippen molar-refractivity contribution in [3.63, 3.8) is 0 Å². The lowest BCUT2D eigenvalue weighted by Crippen LogP contribution is -2.31. The van der Waals surface area contributed by atoms with Crippen LogP contribution in [-0.4, -0.2) is 32.0 Å². The lowest BCUT2D eigenvalue weighted by atomic mass is 9.92. The molecular weight excluding hydrogens is 302 g/mol. The van der Waals surface area contributed by atoms with Crippen molar-refractivity contribution in [2.45, 2.75) is 19.3 Å². The first-order chi connectivity index (χ1) is 10.6. The third-order valence-corrected chi connectivity index (χ3v) is 5.13. The predicted octanol–water partition coefficient (Wildman–Crippen LogP) is 2.03. The molecule has 1 aromatic carbocycles. The Balaban J connectivity index is 1.65. The molecule has 2 fully saturated rings. The van der Waals surface area contributed by atoms with Crippen molar-refractivity contribution in [3.8, 4) is 0 Å². The Labute approximate surface area is 134 Å². The molecule has 6 heteroatoms. The van der Waals surface area contributed by atoms with Crippen LogP contribution >= 0.6 is 11.6 Å². The van der Waals surface area contributed by atoms with Crippen molar-refractivity contribution < 1.29 is 9.59 Å². The zero-order chi connectivity index (χ0) is 15.7. The van der Waals surface area contributed by atoms with E-state index < -0.39 is 0 Å². The molecule has 3 rings (SSSR count). The number of hydrogen-bond donors (Lipinski definition) is 3. The maximum absolute atomic E-state index is 12.4. The molecule has 118 valence electrons. The van der Waals surface area contributed by atoms with Gasteiger partial charge in [-0.25, -0.2) is 0 Å². The highest BCUT2D eigenvalue weighted by molar-refractivity contribution is 6.34. The van der Waals surface area contributed by atoms with E-state index in [9.17, 15) is 9.59 Å². The maximum Gasteiger partial charge on any atom is 0.252 e. The molecule has 0 bridgehead atoms. The van der Waals surface area contributed by atoms with E-state index in [1.54, 1.807) is 25.2 Å². The minimum Gasteiger partial charge on any atom is -0.355 e. The van der Waals surface area contributed by atoms with Crippen LogP contribution in [-0.2, 0) is 4.79 Å². The number of benzene rings is 1. The van der Waals surface area contributed by atoms with Crippen LogP contribution in [0, 0.1) is 11.3 Å². The number of rotatable bonds is 3. The van der Waals surface area contributed by atoms with E-state index in [4.69, 9.17) is 11.6 Å². The Bertz CT molecular complexity index is 611. The molecule has 5 nitrogen and oxygen atoms in total. The second-order valence-electron chi connectivity index (χ2n) is 6.13. The summed E-state index contributed by atoms with van der Waals surface area (Å²) < 4.78 is 0. The number of hydrogen-bond acceptors (Lipinski definition) is 3. The third-order valence-electron chi connectivity index (χ3n) is 4.81. The number of amides is 2. The van der Waals surface area contributed by atoms with E-state index >= 15 is 0 Å². The van der Waals surface area contributed by atoms with Gasteiger partial charge < -0.3 is 16.0 Å². The largest absolute Gasteiger partial charge is 0.355 e. The molecule has 0 aromatic heterocycles. The first-order valence-corrected chi connectivity index (χ1v) is 7.97. The first-order valence-electron chi connectivity index (χ1n) is 7.59. The minimum absolute atomic E-state index is 0.0608. The van der Waals surface area contributed by atoms with Gasteiger partial charge in [-0.2, -0.15) is 0 Å². The molecular formula is C16H20ClN3O2. The zero-order valence-corrected chi connectivity index (χ0v) is 13.3. The summed E-state index contributed by atoms with van der Waals surface area (Å²) in [6.45, 7) is 1.99. The number of halogens is 1. The summed E-state index contributed by atoms with van der Waals surface area (Å²) in [4.78, 5) is 24.0. The van der Waals surface area contributed by atoms with Gasteiger partial charge in [0.1, 0.15) is 0 Å². The summed E-state index contributed by atoms with van der Waals surface area (Å²) >= 11 is 6.10. The maximum atomic E-state index is 12.4. The van der Waals surface area contributed by atoms with E-state index in [2.05, 4.69) is 16.0 Å². The second-order valence-corrected chi connectivity index (χ2v) is 6.54. The highest BCUT2D eigenvalue weighted by atomic mass is 35.5. The SMILES string of the molecule is CNC(=O)c1ccc(NC(=O)C2CC23CCNCC3)cc1Cl. The van der Waals surface area contributed by atoms with Crippen molar-refractivity contribution >= 4 is 29.1 Å². The van der Waals surface area contributed by atoms with Crippen LogP contribution in [0.3, 0.4) is 0 Å². The van der Waals surface area contributed by atoms with Crippen molar-refractivity contribution in [1.82, 2.24) is 10.6 Å². The van der Waals surface area contributed by atoms with Crippen LogP contribution in [0.25, 0.3) is 0 Å². The average Bonchev–Trinajstić information content (AvgIpc) is 3.21. The molecule has 1 heterocycles. The second kappa shape index (κ2) is 5.89. The monoisotopic (exact) mass is 321 g/mol. The molecule has 22 heavy (non-hydrogen) atoms. The molecule has 1 aromatic rings. The van der Waals surface area contributed by atoms with Crippen LogP contribution in [0.4, 0.5) is 5.69 Å². The molecule has 3 N–H and O–H groups in total. The van der Waals surface area contributed by atoms with Gasteiger partial charge >= 0.3 is 0 Å². The molecule has 1 aliphatic carbocycles. The third kappa shape index (κ3) is 2.83. The molecule has 2 aliphatic rings. The summed E-state index contributed by atoms with van der Waals surface area (Å²) in [6, 6.07) is 4.97. The van der Waals surface area contributed by atoms with Crippen LogP contribution < -0.4 is 16.0 Å². The quantitative estimate of drug-likeness (QED) is 0.798. The van der Waals surface area contributed by atoms with Crippen LogP contribution in [0.2, 0.25) is 5.02 Å². The summed E-state index contributed by atoms with van der Waals surface area (Å²) in [5, 5.41) is 9.13. The van der Waals surface area contributed by atoms with Crippen LogP contribution in [0.15, 0.2) is 18.2 Å². The zero-order valence-electron chi connectivity index (χ0n) is 12.5. The van der Waals surface area contributed by atoms with Crippen molar-refractivity contribution in [1.29, 1.82) is 0 Å². The van der Waals surface area contributed by atoms with Crippen LogP contribution in [0.5, 0.6) is 0 Å². The summed E-state index contributed by atoms with van der Waals surface area (Å²) in [6.07, 6.45) is 3.12. The Morgan fingerprint density at radius 1 is 1.32 bits per heavy atom. The van der Waals surface area contributed by atoms with E-state index in [0.29, 0.717) is 16.3 Å². The molecule has 1 saturated carbocycles. The fourth-order valence-electron chi connectivity index (χ4n) is 3.34. The first kappa shape index (κ1) is 15.3. The van der Waals surface area contributed by atoms with Gasteiger partial charge in [-0.15, -0.1) is 0 Å². The molecule has 1 spiro atoms. The van der Waals surface area contributed by atoms with Crippen LogP contribution in [0.1, 0.15) is 29.6 Å². The van der Waals surface area contributed by atoms with E-state index in [1.165, 1.54) is 0 Å². The molecule has 0 radical (unpaired) electrons. The summed E-state index contributed by atoms with van der Waals surface area (Å²) in [5.41, 5.74) is 1.25.